The van der Waals surface area contributed by atoms with E-state index in [2.05, 4.69) is 27.3 Å². The van der Waals surface area contributed by atoms with Gasteiger partial charge in [-0.3, -0.25) is 9.59 Å². The lowest BCUT2D eigenvalue weighted by Crippen LogP contribution is -2.37. The van der Waals surface area contributed by atoms with Crippen LogP contribution in [0.5, 0.6) is 0 Å². The van der Waals surface area contributed by atoms with Gasteiger partial charge >= 0.3 is 0 Å². The highest BCUT2D eigenvalue weighted by Crippen LogP contribution is 2.27. The molecular weight excluding hydrogens is 368 g/mol. The largest absolute Gasteiger partial charge is 0.351 e. The van der Waals surface area contributed by atoms with Crippen molar-refractivity contribution in [3.8, 4) is 0 Å². The normalized spacial score (nSPS) is 13.3. The summed E-state index contributed by atoms with van der Waals surface area (Å²) in [5, 5.41) is 2.82. The molecule has 0 spiro atoms. The van der Waals surface area contributed by atoms with Gasteiger partial charge < -0.3 is 10.2 Å². The number of halogens is 1. The second-order valence-corrected chi connectivity index (χ2v) is 6.62. The van der Waals surface area contributed by atoms with Crippen molar-refractivity contribution in [3.05, 3.63) is 64.1 Å². The Morgan fingerprint density at radius 2 is 1.83 bits per heavy atom. The second kappa shape index (κ2) is 7.62. The number of nitrogens with zero attached hydrogens (tertiary/aromatic N) is 1. The number of benzene rings is 2. The van der Waals surface area contributed by atoms with E-state index in [9.17, 15) is 9.59 Å². The quantitative estimate of drug-likeness (QED) is 0.873. The maximum absolute atomic E-state index is 12.5. The summed E-state index contributed by atoms with van der Waals surface area (Å²) in [7, 11) is 0. The number of para-hydroxylation sites is 1. The number of hydrogen-bond acceptors (Lipinski definition) is 2. The van der Waals surface area contributed by atoms with Crippen LogP contribution in [0.2, 0.25) is 0 Å². The molecule has 0 radical (unpaired) electrons. The van der Waals surface area contributed by atoms with E-state index < -0.39 is 0 Å². The van der Waals surface area contributed by atoms with Gasteiger partial charge in [-0.1, -0.05) is 30.3 Å². The lowest BCUT2D eigenvalue weighted by molar-refractivity contribution is -0.118. The fourth-order valence-electron chi connectivity index (χ4n) is 2.95. The van der Waals surface area contributed by atoms with Crippen LogP contribution in [0.3, 0.4) is 0 Å². The van der Waals surface area contributed by atoms with Crippen LogP contribution in [0.1, 0.15) is 28.8 Å². The van der Waals surface area contributed by atoms with Gasteiger partial charge in [-0.2, -0.15) is 0 Å². The molecule has 0 fully saturated rings. The summed E-state index contributed by atoms with van der Waals surface area (Å²) in [6, 6.07) is 15.3. The first-order valence-electron chi connectivity index (χ1n) is 8.08. The monoisotopic (exact) mass is 386 g/mol. The van der Waals surface area contributed by atoms with Gasteiger partial charge in [0.2, 0.25) is 5.91 Å². The number of hydrogen-bond donors (Lipinski definition) is 1. The number of carbonyl (C=O) groups excluding carboxylic acids is 2. The topological polar surface area (TPSA) is 49.4 Å². The van der Waals surface area contributed by atoms with E-state index in [1.165, 1.54) is 5.56 Å². The summed E-state index contributed by atoms with van der Waals surface area (Å²) in [6.07, 6.45) is 2.29. The molecule has 0 atom stereocenters. The molecule has 0 aliphatic carbocycles. The summed E-state index contributed by atoms with van der Waals surface area (Å²) < 4.78 is 0.749. The maximum atomic E-state index is 12.5. The van der Waals surface area contributed by atoms with Crippen molar-refractivity contribution in [2.45, 2.75) is 19.3 Å². The van der Waals surface area contributed by atoms with Gasteiger partial charge in [0.25, 0.3) is 5.91 Å². The van der Waals surface area contributed by atoms with E-state index in [0.717, 1.165) is 29.5 Å². The van der Waals surface area contributed by atoms with Crippen LogP contribution in [0, 0.1) is 0 Å². The molecule has 24 heavy (non-hydrogen) atoms. The Labute approximate surface area is 150 Å². The molecule has 1 N–H and O–H groups in total. The molecule has 5 heteroatoms. The number of aryl methyl sites for hydroxylation is 1. The van der Waals surface area contributed by atoms with Crippen molar-refractivity contribution in [2.75, 3.05) is 18.0 Å². The standard InChI is InChI=1S/C19H19BrN2O2/c20-16-9-3-2-8-15(16)19(24)21-12-11-18(23)22-13-5-7-14-6-1-4-10-17(14)22/h1-4,6,8-10H,5,7,11-13H2,(H,21,24). The van der Waals surface area contributed by atoms with Crippen LogP contribution in [-0.2, 0) is 11.2 Å². The lowest BCUT2D eigenvalue weighted by Gasteiger charge is -2.29. The van der Waals surface area contributed by atoms with Gasteiger partial charge in [-0.25, -0.2) is 0 Å². The van der Waals surface area contributed by atoms with Gasteiger partial charge in [-0.15, -0.1) is 0 Å². The van der Waals surface area contributed by atoms with Crippen LogP contribution >= 0.6 is 15.9 Å². The molecule has 2 aromatic carbocycles. The predicted octanol–water partition coefficient (Wildman–Crippen LogP) is 3.55. The number of nitrogens with one attached hydrogen (secondary N) is 1. The lowest BCUT2D eigenvalue weighted by atomic mass is 10.0. The molecular formula is C19H19BrN2O2. The summed E-state index contributed by atoms with van der Waals surface area (Å²) in [4.78, 5) is 26.5. The Bertz CT molecular complexity index is 761. The molecule has 0 aromatic heterocycles. The van der Waals surface area contributed by atoms with Crippen LogP contribution in [0.4, 0.5) is 5.69 Å². The van der Waals surface area contributed by atoms with Gasteiger partial charge in [0, 0.05) is 29.7 Å². The van der Waals surface area contributed by atoms with E-state index in [1.54, 1.807) is 6.07 Å². The van der Waals surface area contributed by atoms with Crippen LogP contribution in [0.15, 0.2) is 53.0 Å². The Balaban J connectivity index is 1.57. The van der Waals surface area contributed by atoms with Crippen molar-refractivity contribution >= 4 is 33.4 Å². The zero-order valence-electron chi connectivity index (χ0n) is 13.3. The molecule has 1 heterocycles. The van der Waals surface area contributed by atoms with Gasteiger partial charge in [0.15, 0.2) is 0 Å². The third kappa shape index (κ3) is 3.67. The molecule has 1 aliphatic heterocycles. The van der Waals surface area contributed by atoms with E-state index in [-0.39, 0.29) is 11.8 Å². The number of fused-ring (bicyclic) bond motifs is 1. The smallest absolute Gasteiger partial charge is 0.252 e. The van der Waals surface area contributed by atoms with E-state index in [1.807, 2.05) is 41.3 Å². The average molecular weight is 387 g/mol. The van der Waals surface area contributed by atoms with E-state index in [0.29, 0.717) is 18.5 Å². The highest BCUT2D eigenvalue weighted by atomic mass is 79.9. The Morgan fingerprint density at radius 1 is 1.08 bits per heavy atom. The molecule has 2 amide bonds. The molecule has 3 rings (SSSR count). The Hall–Kier alpha value is -2.14. The molecule has 0 unspecified atom stereocenters. The predicted molar refractivity (Wildman–Crippen MR) is 98.2 cm³/mol. The summed E-state index contributed by atoms with van der Waals surface area (Å²) >= 11 is 3.36. The first-order valence-corrected chi connectivity index (χ1v) is 8.87. The highest BCUT2D eigenvalue weighted by molar-refractivity contribution is 9.10. The van der Waals surface area contributed by atoms with E-state index >= 15 is 0 Å². The minimum Gasteiger partial charge on any atom is -0.351 e. The summed E-state index contributed by atoms with van der Waals surface area (Å²) in [5.74, 6) is -0.121. The third-order valence-electron chi connectivity index (χ3n) is 4.15. The second-order valence-electron chi connectivity index (χ2n) is 5.76. The van der Waals surface area contributed by atoms with Crippen molar-refractivity contribution in [2.24, 2.45) is 0 Å². The molecule has 124 valence electrons. The summed E-state index contributed by atoms with van der Waals surface area (Å²) in [5.41, 5.74) is 2.80. The fourth-order valence-corrected chi connectivity index (χ4v) is 3.42. The molecule has 0 saturated carbocycles. The highest BCUT2D eigenvalue weighted by Gasteiger charge is 2.21. The Kier molecular flexibility index (Phi) is 5.30. The molecule has 2 aromatic rings. The van der Waals surface area contributed by atoms with Gasteiger partial charge in [0.1, 0.15) is 0 Å². The van der Waals surface area contributed by atoms with Crippen molar-refractivity contribution in [1.82, 2.24) is 5.32 Å². The van der Waals surface area contributed by atoms with Gasteiger partial charge in [0.05, 0.1) is 5.56 Å². The molecule has 0 saturated heterocycles. The molecule has 0 bridgehead atoms. The van der Waals surface area contributed by atoms with Crippen LogP contribution in [0.25, 0.3) is 0 Å². The first-order chi connectivity index (χ1) is 11.7. The van der Waals surface area contributed by atoms with E-state index in [4.69, 9.17) is 0 Å². The zero-order valence-corrected chi connectivity index (χ0v) is 14.9. The van der Waals surface area contributed by atoms with Crippen molar-refractivity contribution < 1.29 is 9.59 Å². The minimum absolute atomic E-state index is 0.0505. The average Bonchev–Trinajstić information content (AvgIpc) is 2.61. The fraction of sp³-hybridized carbons (Fsp3) is 0.263. The number of amides is 2. The maximum Gasteiger partial charge on any atom is 0.252 e. The SMILES string of the molecule is O=C(NCCC(=O)N1CCCc2ccccc21)c1ccccc1Br. The third-order valence-corrected chi connectivity index (χ3v) is 4.85. The molecule has 4 nitrogen and oxygen atoms in total. The van der Waals surface area contributed by atoms with Crippen LogP contribution < -0.4 is 10.2 Å². The number of carbonyl (C=O) groups is 2. The number of rotatable bonds is 4. The zero-order chi connectivity index (χ0) is 16.9. The Morgan fingerprint density at radius 3 is 2.67 bits per heavy atom. The van der Waals surface area contributed by atoms with Crippen molar-refractivity contribution in [3.63, 3.8) is 0 Å². The minimum atomic E-state index is -0.172. The first kappa shape index (κ1) is 16.7. The number of anilines is 1. The van der Waals surface area contributed by atoms with Crippen LogP contribution in [-0.4, -0.2) is 24.9 Å². The summed E-state index contributed by atoms with van der Waals surface area (Å²) in [6.45, 7) is 1.08. The van der Waals surface area contributed by atoms with Crippen molar-refractivity contribution in [1.29, 1.82) is 0 Å². The molecule has 1 aliphatic rings. The van der Waals surface area contributed by atoms with Gasteiger partial charge in [-0.05, 0) is 52.5 Å².